The van der Waals surface area contributed by atoms with Gasteiger partial charge in [-0.25, -0.2) is 19.5 Å². The average molecular weight is 240 g/mol. The molecule has 0 saturated carbocycles. The van der Waals surface area contributed by atoms with E-state index in [1.807, 2.05) is 0 Å². The highest BCUT2D eigenvalue weighted by Gasteiger charge is 2.07. The third kappa shape index (κ3) is 1.40. The van der Waals surface area contributed by atoms with E-state index >= 15 is 0 Å². The molecule has 0 atom stereocenters. The van der Waals surface area contributed by atoms with Gasteiger partial charge < -0.3 is 5.73 Å². The third-order valence-corrected chi connectivity index (χ3v) is 2.06. The Morgan fingerprint density at radius 1 is 1.23 bits per heavy atom. The maximum absolute atomic E-state index is 5.62. The van der Waals surface area contributed by atoms with Gasteiger partial charge in [0, 0.05) is 12.4 Å². The summed E-state index contributed by atoms with van der Waals surface area (Å²) in [6.45, 7) is 0. The summed E-state index contributed by atoms with van der Waals surface area (Å²) in [5.74, 6) is 0.863. The van der Waals surface area contributed by atoms with Crippen LogP contribution >= 0.6 is 15.9 Å². The minimum absolute atomic E-state index is 0.359. The van der Waals surface area contributed by atoms with Crippen LogP contribution in [0.2, 0.25) is 0 Å². The maximum Gasteiger partial charge on any atom is 0.237 e. The van der Waals surface area contributed by atoms with Crippen molar-refractivity contribution in [3.63, 3.8) is 0 Å². The zero-order chi connectivity index (χ0) is 9.26. The highest BCUT2D eigenvalue weighted by atomic mass is 79.9. The fourth-order valence-electron chi connectivity index (χ4n) is 0.949. The van der Waals surface area contributed by atoms with Crippen molar-refractivity contribution in [3.05, 3.63) is 29.3 Å². The molecule has 0 fully saturated rings. The zero-order valence-electron chi connectivity index (χ0n) is 6.55. The van der Waals surface area contributed by atoms with Crippen LogP contribution in [0.5, 0.6) is 0 Å². The quantitative estimate of drug-likeness (QED) is 0.807. The second-order valence-corrected chi connectivity index (χ2v) is 3.14. The summed E-state index contributed by atoms with van der Waals surface area (Å²) in [4.78, 5) is 12.0. The van der Waals surface area contributed by atoms with E-state index < -0.39 is 0 Å². The number of nitrogen functional groups attached to an aromatic ring is 1. The fourth-order valence-corrected chi connectivity index (χ4v) is 1.39. The molecule has 2 heterocycles. The molecule has 5 nitrogen and oxygen atoms in total. The molecule has 13 heavy (non-hydrogen) atoms. The lowest BCUT2D eigenvalue weighted by molar-refractivity contribution is 0.921. The lowest BCUT2D eigenvalue weighted by Gasteiger charge is -2.02. The van der Waals surface area contributed by atoms with Crippen LogP contribution in [0.15, 0.2) is 29.3 Å². The first-order valence-corrected chi connectivity index (χ1v) is 4.34. The first kappa shape index (κ1) is 8.18. The number of anilines is 1. The lowest BCUT2D eigenvalue weighted by atomic mass is 10.7. The average Bonchev–Trinajstić information content (AvgIpc) is 2.48. The standard InChI is InChI=1S/C7H6BrN5/c8-5-4-12-6(9)13(5)7-10-2-1-3-11-7/h1-4H,(H2,9,12). The van der Waals surface area contributed by atoms with Crippen LogP contribution in [-0.4, -0.2) is 19.5 Å². The van der Waals surface area contributed by atoms with Crippen molar-refractivity contribution in [2.75, 3.05) is 5.73 Å². The second-order valence-electron chi connectivity index (χ2n) is 2.32. The molecular formula is C7H6BrN5. The van der Waals surface area contributed by atoms with Gasteiger partial charge >= 0.3 is 0 Å². The van der Waals surface area contributed by atoms with Crippen LogP contribution < -0.4 is 5.73 Å². The molecule has 0 spiro atoms. The monoisotopic (exact) mass is 239 g/mol. The van der Waals surface area contributed by atoms with Crippen molar-refractivity contribution in [2.45, 2.75) is 0 Å². The maximum atomic E-state index is 5.62. The Bertz CT molecular complexity index is 391. The molecule has 0 aromatic carbocycles. The largest absolute Gasteiger partial charge is 0.369 e. The molecule has 0 unspecified atom stereocenters. The van der Waals surface area contributed by atoms with Gasteiger partial charge in [-0.1, -0.05) is 0 Å². The Hall–Kier alpha value is -1.43. The number of nitrogens with two attached hydrogens (primary N) is 1. The summed E-state index contributed by atoms with van der Waals surface area (Å²) in [5.41, 5.74) is 5.62. The Morgan fingerprint density at radius 3 is 2.46 bits per heavy atom. The van der Waals surface area contributed by atoms with E-state index in [4.69, 9.17) is 5.73 Å². The van der Waals surface area contributed by atoms with Crippen molar-refractivity contribution in [1.82, 2.24) is 19.5 Å². The number of hydrogen-bond donors (Lipinski definition) is 1. The van der Waals surface area contributed by atoms with E-state index in [-0.39, 0.29) is 0 Å². The summed E-state index contributed by atoms with van der Waals surface area (Å²) in [6.07, 6.45) is 4.90. The third-order valence-electron chi connectivity index (χ3n) is 1.50. The van der Waals surface area contributed by atoms with Gasteiger partial charge in [-0.2, -0.15) is 0 Å². The molecule has 2 aromatic heterocycles. The van der Waals surface area contributed by atoms with Crippen molar-refractivity contribution in [1.29, 1.82) is 0 Å². The SMILES string of the molecule is Nc1ncc(Br)n1-c1ncccn1. The Kier molecular flexibility index (Phi) is 1.97. The van der Waals surface area contributed by atoms with Gasteiger partial charge in [-0.05, 0) is 22.0 Å². The van der Waals surface area contributed by atoms with Crippen molar-refractivity contribution < 1.29 is 0 Å². The molecule has 6 heteroatoms. The summed E-state index contributed by atoms with van der Waals surface area (Å²) in [6, 6.07) is 1.74. The topological polar surface area (TPSA) is 69.6 Å². The molecule has 2 rings (SSSR count). The van der Waals surface area contributed by atoms with Gasteiger partial charge in [0.05, 0.1) is 6.20 Å². The molecule has 2 N–H and O–H groups in total. The highest BCUT2D eigenvalue weighted by molar-refractivity contribution is 9.10. The first-order valence-electron chi connectivity index (χ1n) is 3.55. The summed E-state index contributed by atoms with van der Waals surface area (Å²) in [5, 5.41) is 0. The summed E-state index contributed by atoms with van der Waals surface area (Å²) in [7, 11) is 0. The van der Waals surface area contributed by atoms with Crippen molar-refractivity contribution in [2.24, 2.45) is 0 Å². The molecule has 0 aliphatic heterocycles. The fraction of sp³-hybridized carbons (Fsp3) is 0. The number of aromatic nitrogens is 4. The number of halogens is 1. The number of nitrogens with zero attached hydrogens (tertiary/aromatic N) is 4. The van der Waals surface area contributed by atoms with E-state index in [9.17, 15) is 0 Å². The molecule has 0 aliphatic carbocycles. The van der Waals surface area contributed by atoms with Crippen molar-refractivity contribution in [3.8, 4) is 5.95 Å². The minimum Gasteiger partial charge on any atom is -0.369 e. The normalized spacial score (nSPS) is 10.2. The van der Waals surface area contributed by atoms with Crippen LogP contribution in [0.25, 0.3) is 5.95 Å². The minimum atomic E-state index is 0.359. The van der Waals surface area contributed by atoms with Gasteiger partial charge in [0.25, 0.3) is 0 Å². The molecular weight excluding hydrogens is 234 g/mol. The second kappa shape index (κ2) is 3.14. The van der Waals surface area contributed by atoms with Crippen LogP contribution in [0.4, 0.5) is 5.95 Å². The van der Waals surface area contributed by atoms with Crippen LogP contribution in [0, 0.1) is 0 Å². The van der Waals surface area contributed by atoms with Crippen LogP contribution in [0.3, 0.4) is 0 Å². The lowest BCUT2D eigenvalue weighted by Crippen LogP contribution is -2.04. The van der Waals surface area contributed by atoms with E-state index in [1.54, 1.807) is 29.2 Å². The van der Waals surface area contributed by atoms with E-state index in [0.717, 1.165) is 4.60 Å². The number of rotatable bonds is 1. The molecule has 0 bridgehead atoms. The smallest absolute Gasteiger partial charge is 0.237 e. The molecule has 0 radical (unpaired) electrons. The molecule has 66 valence electrons. The van der Waals surface area contributed by atoms with E-state index in [0.29, 0.717) is 11.9 Å². The number of imidazole rings is 1. The van der Waals surface area contributed by atoms with Gasteiger partial charge in [-0.15, -0.1) is 0 Å². The zero-order valence-corrected chi connectivity index (χ0v) is 8.14. The molecule has 2 aromatic rings. The Balaban J connectivity index is 2.59. The predicted octanol–water partition coefficient (Wildman–Crippen LogP) is 1.01. The molecule has 0 saturated heterocycles. The molecule has 0 amide bonds. The first-order chi connectivity index (χ1) is 6.29. The van der Waals surface area contributed by atoms with E-state index in [1.165, 1.54) is 0 Å². The van der Waals surface area contributed by atoms with Crippen molar-refractivity contribution >= 4 is 21.9 Å². The van der Waals surface area contributed by atoms with Gasteiger partial charge in [-0.3, -0.25) is 0 Å². The Morgan fingerprint density at radius 2 is 1.92 bits per heavy atom. The number of hydrogen-bond acceptors (Lipinski definition) is 4. The predicted molar refractivity (Wildman–Crippen MR) is 51.3 cm³/mol. The van der Waals surface area contributed by atoms with Crippen LogP contribution in [0.1, 0.15) is 0 Å². The van der Waals surface area contributed by atoms with Gasteiger partial charge in [0.2, 0.25) is 11.9 Å². The van der Waals surface area contributed by atoms with E-state index in [2.05, 4.69) is 30.9 Å². The summed E-state index contributed by atoms with van der Waals surface area (Å²) < 4.78 is 2.34. The molecule has 0 aliphatic rings. The van der Waals surface area contributed by atoms with Crippen LogP contribution in [-0.2, 0) is 0 Å². The van der Waals surface area contributed by atoms with Gasteiger partial charge in [0.15, 0.2) is 0 Å². The Labute approximate surface area is 82.8 Å². The highest BCUT2D eigenvalue weighted by Crippen LogP contribution is 2.17. The van der Waals surface area contributed by atoms with Gasteiger partial charge in [0.1, 0.15) is 4.60 Å². The summed E-state index contributed by atoms with van der Waals surface area (Å²) >= 11 is 3.29.